The number of ether oxygens (including phenoxy) is 1. The quantitative estimate of drug-likeness (QED) is 0.834. The van der Waals surface area contributed by atoms with Crippen molar-refractivity contribution < 1.29 is 14.3 Å². The van der Waals surface area contributed by atoms with Crippen LogP contribution in [0.25, 0.3) is 0 Å². The van der Waals surface area contributed by atoms with Gasteiger partial charge in [0.05, 0.1) is 18.4 Å². The number of amides is 1. The zero-order valence-electron chi connectivity index (χ0n) is 12.6. The van der Waals surface area contributed by atoms with E-state index in [9.17, 15) is 9.59 Å². The van der Waals surface area contributed by atoms with Crippen LogP contribution in [0.4, 0.5) is 5.69 Å². The molecule has 1 aromatic rings. The molecule has 3 N–H and O–H groups in total. The molecule has 114 valence electrons. The minimum Gasteiger partial charge on any atom is -0.465 e. The van der Waals surface area contributed by atoms with E-state index in [4.69, 9.17) is 10.5 Å². The van der Waals surface area contributed by atoms with E-state index in [0.29, 0.717) is 11.3 Å². The lowest BCUT2D eigenvalue weighted by Gasteiger charge is -2.22. The molecule has 0 radical (unpaired) electrons. The van der Waals surface area contributed by atoms with Crippen molar-refractivity contribution >= 4 is 17.6 Å². The summed E-state index contributed by atoms with van der Waals surface area (Å²) in [5, 5.41) is 2.79. The fourth-order valence-corrected chi connectivity index (χ4v) is 2.82. The fraction of sp³-hybridized carbons (Fsp3) is 0.500. The third kappa shape index (κ3) is 3.82. The summed E-state index contributed by atoms with van der Waals surface area (Å²) in [4.78, 5) is 24.0. The Morgan fingerprint density at radius 1 is 1.33 bits per heavy atom. The molecule has 0 heterocycles. The maximum absolute atomic E-state index is 12.2. The van der Waals surface area contributed by atoms with E-state index >= 15 is 0 Å². The molecule has 0 atom stereocenters. The number of nitrogens with two attached hydrogens (primary N) is 1. The van der Waals surface area contributed by atoms with Gasteiger partial charge >= 0.3 is 5.97 Å². The predicted molar refractivity (Wildman–Crippen MR) is 81.2 cm³/mol. The molecule has 0 aromatic heterocycles. The number of carbonyl (C=O) groups excluding carboxylic acids is 2. The zero-order valence-corrected chi connectivity index (χ0v) is 12.6. The molecular weight excluding hydrogens is 268 g/mol. The average molecular weight is 290 g/mol. The SMILES string of the molecule is COC(=O)c1cc(C)ccc1NC(=O)CC1(N)CCCC1. The van der Waals surface area contributed by atoms with Gasteiger partial charge in [0.25, 0.3) is 0 Å². The Bertz CT molecular complexity index is 548. The third-order valence-corrected chi connectivity index (χ3v) is 3.97. The Labute approximate surface area is 124 Å². The number of hydrogen-bond donors (Lipinski definition) is 2. The lowest BCUT2D eigenvalue weighted by Crippen LogP contribution is -2.40. The first-order valence-electron chi connectivity index (χ1n) is 7.21. The van der Waals surface area contributed by atoms with Crippen LogP contribution in [0, 0.1) is 6.92 Å². The molecule has 1 aliphatic carbocycles. The number of methoxy groups -OCH3 is 1. The van der Waals surface area contributed by atoms with Gasteiger partial charge in [0.15, 0.2) is 0 Å². The van der Waals surface area contributed by atoms with E-state index in [2.05, 4.69) is 5.32 Å². The van der Waals surface area contributed by atoms with Crippen molar-refractivity contribution in [1.29, 1.82) is 0 Å². The fourth-order valence-electron chi connectivity index (χ4n) is 2.82. The summed E-state index contributed by atoms with van der Waals surface area (Å²) in [6.45, 7) is 1.88. The maximum Gasteiger partial charge on any atom is 0.339 e. The number of nitrogens with one attached hydrogen (secondary N) is 1. The van der Waals surface area contributed by atoms with Gasteiger partial charge in [-0.1, -0.05) is 24.5 Å². The van der Waals surface area contributed by atoms with Crippen LogP contribution in [0.5, 0.6) is 0 Å². The van der Waals surface area contributed by atoms with Gasteiger partial charge in [-0.3, -0.25) is 4.79 Å². The number of rotatable bonds is 4. The number of benzene rings is 1. The second-order valence-corrected chi connectivity index (χ2v) is 5.84. The highest BCUT2D eigenvalue weighted by atomic mass is 16.5. The molecule has 1 fully saturated rings. The van der Waals surface area contributed by atoms with Crippen molar-refractivity contribution in [2.75, 3.05) is 12.4 Å². The molecule has 0 unspecified atom stereocenters. The normalized spacial score (nSPS) is 16.5. The Balaban J connectivity index is 2.11. The first-order chi connectivity index (χ1) is 9.93. The minimum atomic E-state index is -0.461. The number of carbonyl (C=O) groups is 2. The largest absolute Gasteiger partial charge is 0.465 e. The number of esters is 1. The van der Waals surface area contributed by atoms with Crippen molar-refractivity contribution in [3.05, 3.63) is 29.3 Å². The summed E-state index contributed by atoms with van der Waals surface area (Å²) in [5.74, 6) is -0.620. The molecule has 1 amide bonds. The lowest BCUT2D eigenvalue weighted by molar-refractivity contribution is -0.117. The van der Waals surface area contributed by atoms with Gasteiger partial charge in [-0.05, 0) is 31.9 Å². The second kappa shape index (κ2) is 6.26. The van der Waals surface area contributed by atoms with Gasteiger partial charge in [-0.2, -0.15) is 0 Å². The van der Waals surface area contributed by atoms with Gasteiger partial charge in [-0.25, -0.2) is 4.79 Å². The van der Waals surface area contributed by atoms with Crippen LogP contribution >= 0.6 is 0 Å². The molecule has 0 aliphatic heterocycles. The Kier molecular flexibility index (Phi) is 4.63. The van der Waals surface area contributed by atoms with E-state index < -0.39 is 11.5 Å². The molecule has 1 aliphatic rings. The molecule has 5 nitrogen and oxygen atoms in total. The van der Waals surface area contributed by atoms with Crippen molar-refractivity contribution in [3.8, 4) is 0 Å². The molecule has 0 spiro atoms. The summed E-state index contributed by atoms with van der Waals surface area (Å²) in [7, 11) is 1.32. The summed E-state index contributed by atoms with van der Waals surface area (Å²) >= 11 is 0. The van der Waals surface area contributed by atoms with Crippen LogP contribution in [0.1, 0.15) is 48.0 Å². The van der Waals surface area contributed by atoms with Crippen LogP contribution in [-0.2, 0) is 9.53 Å². The smallest absolute Gasteiger partial charge is 0.339 e. The molecule has 1 saturated carbocycles. The monoisotopic (exact) mass is 290 g/mol. The summed E-state index contributed by atoms with van der Waals surface area (Å²) in [6, 6.07) is 5.27. The standard InChI is InChI=1S/C16H22N2O3/c1-11-5-6-13(12(9-11)15(20)21-2)18-14(19)10-16(17)7-3-4-8-16/h5-6,9H,3-4,7-8,10,17H2,1-2H3,(H,18,19). The lowest BCUT2D eigenvalue weighted by atomic mass is 9.94. The summed E-state index contributed by atoms with van der Waals surface area (Å²) in [6.07, 6.45) is 4.17. The summed E-state index contributed by atoms with van der Waals surface area (Å²) in [5.41, 5.74) is 7.57. The van der Waals surface area contributed by atoms with Gasteiger partial charge in [0.2, 0.25) is 5.91 Å². The molecule has 1 aromatic carbocycles. The molecule has 21 heavy (non-hydrogen) atoms. The van der Waals surface area contributed by atoms with Crippen LogP contribution in [0.3, 0.4) is 0 Å². The van der Waals surface area contributed by atoms with Gasteiger partial charge < -0.3 is 15.8 Å². The number of aryl methyl sites for hydroxylation is 1. The second-order valence-electron chi connectivity index (χ2n) is 5.84. The van der Waals surface area contributed by atoms with Crippen molar-refractivity contribution in [3.63, 3.8) is 0 Å². The average Bonchev–Trinajstić information content (AvgIpc) is 2.86. The van der Waals surface area contributed by atoms with Crippen LogP contribution in [0.15, 0.2) is 18.2 Å². The molecule has 2 rings (SSSR count). The molecule has 0 saturated heterocycles. The van der Waals surface area contributed by atoms with E-state index in [-0.39, 0.29) is 12.3 Å². The zero-order chi connectivity index (χ0) is 15.5. The van der Waals surface area contributed by atoms with Gasteiger partial charge in [-0.15, -0.1) is 0 Å². The van der Waals surface area contributed by atoms with Gasteiger partial charge in [0, 0.05) is 12.0 Å². The van der Waals surface area contributed by atoms with Gasteiger partial charge in [0.1, 0.15) is 0 Å². The Morgan fingerprint density at radius 2 is 2.00 bits per heavy atom. The third-order valence-electron chi connectivity index (χ3n) is 3.97. The Morgan fingerprint density at radius 3 is 2.62 bits per heavy atom. The maximum atomic E-state index is 12.2. The first kappa shape index (κ1) is 15.5. The van der Waals surface area contributed by atoms with E-state index in [1.165, 1.54) is 7.11 Å². The van der Waals surface area contributed by atoms with Crippen molar-refractivity contribution in [2.24, 2.45) is 5.73 Å². The first-order valence-corrected chi connectivity index (χ1v) is 7.21. The van der Waals surface area contributed by atoms with Crippen LogP contribution < -0.4 is 11.1 Å². The van der Waals surface area contributed by atoms with Crippen molar-refractivity contribution in [2.45, 2.75) is 44.6 Å². The predicted octanol–water partition coefficient (Wildman–Crippen LogP) is 2.38. The minimum absolute atomic E-state index is 0.159. The van der Waals surface area contributed by atoms with E-state index in [1.54, 1.807) is 12.1 Å². The molecule has 5 heteroatoms. The highest BCUT2D eigenvalue weighted by Gasteiger charge is 2.32. The highest BCUT2D eigenvalue weighted by molar-refractivity contribution is 6.01. The molecular formula is C16H22N2O3. The van der Waals surface area contributed by atoms with Crippen LogP contribution in [-0.4, -0.2) is 24.5 Å². The molecule has 0 bridgehead atoms. The van der Waals surface area contributed by atoms with Crippen molar-refractivity contribution in [1.82, 2.24) is 0 Å². The van der Waals surface area contributed by atoms with E-state index in [0.717, 1.165) is 31.2 Å². The Hall–Kier alpha value is -1.88. The van der Waals surface area contributed by atoms with E-state index in [1.807, 2.05) is 13.0 Å². The highest BCUT2D eigenvalue weighted by Crippen LogP contribution is 2.30. The number of hydrogen-bond acceptors (Lipinski definition) is 4. The van der Waals surface area contributed by atoms with Crippen LogP contribution in [0.2, 0.25) is 0 Å². The summed E-state index contributed by atoms with van der Waals surface area (Å²) < 4.78 is 4.75. The topological polar surface area (TPSA) is 81.4 Å². The number of anilines is 1.